The number of hydrogen-bond donors (Lipinski definition) is 0. The Morgan fingerprint density at radius 1 is 0.333 bits per heavy atom. The highest BCUT2D eigenvalue weighted by atomic mass is 16.6. The van der Waals surface area contributed by atoms with E-state index in [0.29, 0.717) is 0 Å². The molecule has 0 spiro atoms. The second-order valence-corrected chi connectivity index (χ2v) is 16.2. The Morgan fingerprint density at radius 2 is 0.529 bits per heavy atom. The zero-order valence-electron chi connectivity index (χ0n) is 34.6. The number of carbonyl (C=O) groups excluding carboxylic acids is 2. The maximum Gasteiger partial charge on any atom is 0.321 e. The van der Waals surface area contributed by atoms with Crippen LogP contribution >= 0.6 is 0 Å². The molecule has 0 aromatic carbocycles. The second kappa shape index (κ2) is 38.3. The van der Waals surface area contributed by atoms with Crippen LogP contribution in [-0.4, -0.2) is 11.9 Å². The van der Waals surface area contributed by atoms with E-state index in [1.165, 1.54) is 218 Å². The minimum atomic E-state index is -0.440. The Labute approximate surface area is 319 Å². The Bertz CT molecular complexity index is 747. The SMILES string of the molecule is CCCCCCCCCCCCCCCCCCCCC=CC1C(=O)OC(=O)C1C=CCCCCCCCCCCCCCCCCCCCC. The van der Waals surface area contributed by atoms with Crippen molar-refractivity contribution in [3.8, 4) is 0 Å². The number of allylic oxidation sites excluding steroid dienone is 2. The monoisotopic (exact) mass is 713 g/mol. The van der Waals surface area contributed by atoms with E-state index in [1.807, 2.05) is 12.2 Å². The smallest absolute Gasteiger partial charge is 0.321 e. The van der Waals surface area contributed by atoms with Gasteiger partial charge in [-0.2, -0.15) is 0 Å². The molecule has 0 aromatic heterocycles. The van der Waals surface area contributed by atoms with Gasteiger partial charge in [0.25, 0.3) is 0 Å². The molecule has 0 saturated carbocycles. The zero-order valence-corrected chi connectivity index (χ0v) is 34.6. The molecule has 1 rings (SSSR count). The lowest BCUT2D eigenvalue weighted by molar-refractivity contribution is -0.153. The molecule has 3 nitrogen and oxygen atoms in total. The summed E-state index contributed by atoms with van der Waals surface area (Å²) in [5, 5.41) is 0. The molecule has 1 saturated heterocycles. The predicted octanol–water partition coefficient (Wildman–Crippen LogP) is 16.3. The molecule has 2 unspecified atom stereocenters. The molecule has 0 aromatic rings. The number of ether oxygens (including phenoxy) is 1. The van der Waals surface area contributed by atoms with Gasteiger partial charge in [-0.15, -0.1) is 0 Å². The van der Waals surface area contributed by atoms with E-state index in [0.717, 1.165) is 25.7 Å². The first kappa shape index (κ1) is 47.6. The third-order valence-corrected chi connectivity index (χ3v) is 11.3. The van der Waals surface area contributed by atoms with Gasteiger partial charge < -0.3 is 4.74 Å². The molecule has 0 aliphatic carbocycles. The van der Waals surface area contributed by atoms with Crippen LogP contribution in [0.2, 0.25) is 0 Å². The Hall–Kier alpha value is -1.38. The number of hydrogen-bond acceptors (Lipinski definition) is 3. The molecule has 3 heteroatoms. The van der Waals surface area contributed by atoms with Gasteiger partial charge in [-0.05, 0) is 25.7 Å². The van der Waals surface area contributed by atoms with Gasteiger partial charge in [-0.1, -0.05) is 256 Å². The summed E-state index contributed by atoms with van der Waals surface area (Å²) in [6.07, 6.45) is 59.9. The summed E-state index contributed by atoms with van der Waals surface area (Å²) in [5.74, 6) is -1.64. The van der Waals surface area contributed by atoms with Crippen LogP contribution in [0.5, 0.6) is 0 Å². The fourth-order valence-electron chi connectivity index (χ4n) is 7.74. The molecule has 2 atom stereocenters. The highest BCUT2D eigenvalue weighted by Crippen LogP contribution is 2.27. The van der Waals surface area contributed by atoms with E-state index in [-0.39, 0.29) is 11.9 Å². The van der Waals surface area contributed by atoms with Gasteiger partial charge in [0.1, 0.15) is 0 Å². The molecular weight excluding hydrogens is 625 g/mol. The summed E-state index contributed by atoms with van der Waals surface area (Å²) in [5.41, 5.74) is 0. The van der Waals surface area contributed by atoms with Crippen molar-refractivity contribution in [3.05, 3.63) is 24.3 Å². The largest absolute Gasteiger partial charge is 0.392 e. The summed E-state index contributed by atoms with van der Waals surface area (Å²) in [7, 11) is 0. The number of unbranched alkanes of at least 4 members (excludes halogenated alkanes) is 36. The van der Waals surface area contributed by atoms with Crippen molar-refractivity contribution in [1.29, 1.82) is 0 Å². The van der Waals surface area contributed by atoms with E-state index in [2.05, 4.69) is 26.0 Å². The molecule has 1 fully saturated rings. The third kappa shape index (κ3) is 30.8. The minimum absolute atomic E-state index is 0.378. The molecule has 51 heavy (non-hydrogen) atoms. The molecular formula is C48H88O3. The molecule has 298 valence electrons. The highest BCUT2D eigenvalue weighted by Gasteiger charge is 2.40. The predicted molar refractivity (Wildman–Crippen MR) is 223 cm³/mol. The molecule has 0 radical (unpaired) electrons. The fourth-order valence-corrected chi connectivity index (χ4v) is 7.74. The van der Waals surface area contributed by atoms with Crippen molar-refractivity contribution < 1.29 is 14.3 Å². The molecule has 0 bridgehead atoms. The van der Waals surface area contributed by atoms with Crippen LogP contribution in [0.3, 0.4) is 0 Å². The maximum atomic E-state index is 12.3. The number of esters is 2. The van der Waals surface area contributed by atoms with E-state index in [9.17, 15) is 9.59 Å². The normalized spacial score (nSPS) is 16.4. The van der Waals surface area contributed by atoms with Crippen molar-refractivity contribution in [3.63, 3.8) is 0 Å². The van der Waals surface area contributed by atoms with Gasteiger partial charge in [-0.25, -0.2) is 0 Å². The quantitative estimate of drug-likeness (QED) is 0.0275. The summed E-state index contributed by atoms with van der Waals surface area (Å²) in [6.45, 7) is 4.58. The Kier molecular flexibility index (Phi) is 35.8. The summed E-state index contributed by atoms with van der Waals surface area (Å²) < 4.78 is 4.99. The number of carbonyl (C=O) groups is 2. The van der Waals surface area contributed by atoms with Crippen molar-refractivity contribution in [2.75, 3.05) is 0 Å². The average molecular weight is 713 g/mol. The van der Waals surface area contributed by atoms with Gasteiger partial charge >= 0.3 is 11.9 Å². The number of rotatable bonds is 40. The Morgan fingerprint density at radius 3 is 0.745 bits per heavy atom. The first-order valence-electron chi connectivity index (χ1n) is 23.3. The first-order valence-corrected chi connectivity index (χ1v) is 23.3. The highest BCUT2D eigenvalue weighted by molar-refractivity contribution is 5.98. The summed E-state index contributed by atoms with van der Waals surface area (Å²) >= 11 is 0. The second-order valence-electron chi connectivity index (χ2n) is 16.2. The van der Waals surface area contributed by atoms with Gasteiger partial charge in [-0.3, -0.25) is 9.59 Å². The van der Waals surface area contributed by atoms with Gasteiger partial charge in [0, 0.05) is 0 Å². The topological polar surface area (TPSA) is 43.4 Å². The first-order chi connectivity index (χ1) is 25.2. The van der Waals surface area contributed by atoms with Crippen LogP contribution in [0.25, 0.3) is 0 Å². The van der Waals surface area contributed by atoms with Crippen molar-refractivity contribution in [2.24, 2.45) is 11.8 Å². The van der Waals surface area contributed by atoms with E-state index >= 15 is 0 Å². The van der Waals surface area contributed by atoms with Crippen molar-refractivity contribution in [2.45, 2.75) is 258 Å². The van der Waals surface area contributed by atoms with E-state index < -0.39 is 11.8 Å². The summed E-state index contributed by atoms with van der Waals surface area (Å²) in [6, 6.07) is 0. The van der Waals surface area contributed by atoms with Crippen LogP contribution in [0.1, 0.15) is 258 Å². The molecule has 1 aliphatic heterocycles. The van der Waals surface area contributed by atoms with E-state index in [4.69, 9.17) is 4.74 Å². The van der Waals surface area contributed by atoms with Crippen molar-refractivity contribution in [1.82, 2.24) is 0 Å². The lowest BCUT2D eigenvalue weighted by Crippen LogP contribution is -2.13. The lowest BCUT2D eigenvalue weighted by Gasteiger charge is -2.05. The van der Waals surface area contributed by atoms with Gasteiger partial charge in [0.2, 0.25) is 0 Å². The third-order valence-electron chi connectivity index (χ3n) is 11.3. The molecule has 0 amide bonds. The zero-order chi connectivity index (χ0) is 36.7. The van der Waals surface area contributed by atoms with Gasteiger partial charge in [0.15, 0.2) is 0 Å². The lowest BCUT2D eigenvalue weighted by atomic mass is 9.93. The van der Waals surface area contributed by atoms with Gasteiger partial charge in [0.05, 0.1) is 11.8 Å². The molecule has 1 heterocycles. The number of cyclic esters (lactones) is 2. The summed E-state index contributed by atoms with van der Waals surface area (Å²) in [4.78, 5) is 24.6. The van der Waals surface area contributed by atoms with Crippen molar-refractivity contribution >= 4 is 11.9 Å². The average Bonchev–Trinajstić information content (AvgIpc) is 3.40. The standard InChI is InChI=1S/C48H88O3/c1-3-5-7-9-11-13-15-17-19-21-23-25-27-29-31-33-35-37-39-41-43-45-46(48(50)51-47(45)49)44-42-40-38-36-34-32-30-28-26-24-22-20-18-16-14-12-10-8-6-4-2/h41-46H,3-40H2,1-2H3. The molecule has 0 N–H and O–H groups in total. The minimum Gasteiger partial charge on any atom is -0.392 e. The van der Waals surface area contributed by atoms with Crippen LogP contribution < -0.4 is 0 Å². The van der Waals surface area contributed by atoms with E-state index in [1.54, 1.807) is 0 Å². The fraction of sp³-hybridized carbons (Fsp3) is 0.875. The Balaban J connectivity index is 1.93. The molecule has 1 aliphatic rings. The van der Waals surface area contributed by atoms with Crippen LogP contribution in [0.4, 0.5) is 0 Å². The maximum absolute atomic E-state index is 12.3. The van der Waals surface area contributed by atoms with Crippen LogP contribution in [-0.2, 0) is 14.3 Å². The van der Waals surface area contributed by atoms with Crippen LogP contribution in [0, 0.1) is 11.8 Å². The van der Waals surface area contributed by atoms with Crippen LogP contribution in [0.15, 0.2) is 24.3 Å².